The summed E-state index contributed by atoms with van der Waals surface area (Å²) in [5.74, 6) is -1.32. The van der Waals surface area contributed by atoms with Gasteiger partial charge in [0.2, 0.25) is 17.8 Å². The van der Waals surface area contributed by atoms with Gasteiger partial charge in [0.25, 0.3) is 0 Å². The minimum atomic E-state index is -1.23. The number of nitrogen functional groups attached to an aromatic ring is 1. The van der Waals surface area contributed by atoms with Gasteiger partial charge in [-0.1, -0.05) is 31.9 Å². The molecule has 0 aliphatic carbocycles. The van der Waals surface area contributed by atoms with Crippen molar-refractivity contribution in [1.29, 1.82) is 0 Å². The molecule has 0 saturated carbocycles. The van der Waals surface area contributed by atoms with E-state index in [4.69, 9.17) is 31.2 Å². The van der Waals surface area contributed by atoms with Crippen molar-refractivity contribution >= 4 is 58.3 Å². The summed E-state index contributed by atoms with van der Waals surface area (Å²) in [6.45, 7) is 7.34. The lowest BCUT2D eigenvalue weighted by Crippen LogP contribution is -2.48. The van der Waals surface area contributed by atoms with Crippen LogP contribution in [0.15, 0.2) is 30.5 Å². The standard InChI is InChI=1S/C36H53N9O8S/c1-3-4-5-10-39-33-32-27(41-36(38)42-33)8-12-45(32)22-25-7-6-24(19-28(25)52-2)21-43-13-15-44(16-14-43)30(46)9-17-53-18-11-40-34(49)29(20-31(47)48)54-23-26(37)35(50)51/h6-8,12,19,26,29H,3-5,9-11,13-18,20-23,37H2,1-2H3,(H,40,49)(H,47,48)(H,50,51)(H3,38,39,41,42). The zero-order chi connectivity index (χ0) is 39.0. The number of carbonyl (C=O) groups excluding carboxylic acids is 2. The number of ether oxygens (including phenoxy) is 2. The van der Waals surface area contributed by atoms with Crippen LogP contribution in [0.25, 0.3) is 11.0 Å². The maximum Gasteiger partial charge on any atom is 0.321 e. The van der Waals surface area contributed by atoms with Gasteiger partial charge in [-0.3, -0.25) is 24.1 Å². The first-order valence-corrected chi connectivity index (χ1v) is 19.2. The Morgan fingerprint density at radius 1 is 1.02 bits per heavy atom. The number of unbranched alkanes of at least 4 members (excludes halogenated alkanes) is 2. The van der Waals surface area contributed by atoms with Crippen molar-refractivity contribution in [1.82, 2.24) is 29.7 Å². The molecular formula is C36H53N9O8S. The smallest absolute Gasteiger partial charge is 0.321 e. The number of nitrogens with two attached hydrogens (primary N) is 2. The third-order valence-corrected chi connectivity index (χ3v) is 10.3. The predicted octanol–water partition coefficient (Wildman–Crippen LogP) is 1.83. The molecule has 2 amide bonds. The van der Waals surface area contributed by atoms with Crippen LogP contribution in [0.3, 0.4) is 0 Å². The van der Waals surface area contributed by atoms with Gasteiger partial charge in [0, 0.05) is 63.3 Å². The number of hydrogen-bond donors (Lipinski definition) is 6. The Hall–Kier alpha value is -4.65. The van der Waals surface area contributed by atoms with E-state index >= 15 is 0 Å². The second-order valence-corrected chi connectivity index (χ2v) is 14.3. The van der Waals surface area contributed by atoms with Crippen LogP contribution in [-0.2, 0) is 37.0 Å². The molecule has 8 N–H and O–H groups in total. The van der Waals surface area contributed by atoms with Crippen LogP contribution in [-0.4, -0.2) is 135 Å². The van der Waals surface area contributed by atoms with E-state index in [0.717, 1.165) is 90.9 Å². The minimum Gasteiger partial charge on any atom is -0.496 e. The van der Waals surface area contributed by atoms with E-state index in [0.29, 0.717) is 19.6 Å². The summed E-state index contributed by atoms with van der Waals surface area (Å²) >= 11 is 0.881. The summed E-state index contributed by atoms with van der Waals surface area (Å²) in [7, 11) is 1.67. The summed E-state index contributed by atoms with van der Waals surface area (Å²) in [5, 5.41) is 23.1. The largest absolute Gasteiger partial charge is 0.496 e. The first-order valence-electron chi connectivity index (χ1n) is 18.2. The number of amides is 2. The molecule has 2 unspecified atom stereocenters. The van der Waals surface area contributed by atoms with Crippen molar-refractivity contribution in [3.63, 3.8) is 0 Å². The molecule has 0 radical (unpaired) electrons. The van der Waals surface area contributed by atoms with Crippen LogP contribution in [0.1, 0.15) is 50.2 Å². The van der Waals surface area contributed by atoms with Crippen LogP contribution < -0.4 is 26.8 Å². The van der Waals surface area contributed by atoms with Gasteiger partial charge in [-0.05, 0) is 24.1 Å². The zero-order valence-electron chi connectivity index (χ0n) is 31.0. The number of carboxylic acid groups (broad SMARTS) is 2. The Labute approximate surface area is 319 Å². The van der Waals surface area contributed by atoms with Gasteiger partial charge < -0.3 is 51.3 Å². The number of anilines is 2. The average Bonchev–Trinajstić information content (AvgIpc) is 3.55. The summed E-state index contributed by atoms with van der Waals surface area (Å²) < 4.78 is 13.5. The van der Waals surface area contributed by atoms with Gasteiger partial charge in [-0.2, -0.15) is 4.98 Å². The summed E-state index contributed by atoms with van der Waals surface area (Å²) in [6.07, 6.45) is 5.03. The van der Waals surface area contributed by atoms with E-state index in [1.807, 2.05) is 17.2 Å². The van der Waals surface area contributed by atoms with Crippen molar-refractivity contribution in [3.05, 3.63) is 41.6 Å². The molecule has 0 bridgehead atoms. The highest BCUT2D eigenvalue weighted by Gasteiger charge is 2.25. The average molecular weight is 772 g/mol. The Balaban J connectivity index is 1.19. The van der Waals surface area contributed by atoms with Crippen LogP contribution >= 0.6 is 11.8 Å². The highest BCUT2D eigenvalue weighted by Crippen LogP contribution is 2.28. The monoisotopic (exact) mass is 771 g/mol. The normalized spacial score (nSPS) is 14.5. The fourth-order valence-corrected chi connectivity index (χ4v) is 7.11. The molecule has 54 heavy (non-hydrogen) atoms. The molecule has 1 saturated heterocycles. The lowest BCUT2D eigenvalue weighted by Gasteiger charge is -2.35. The summed E-state index contributed by atoms with van der Waals surface area (Å²) in [5.41, 5.74) is 15.3. The zero-order valence-corrected chi connectivity index (χ0v) is 31.8. The number of piperazine rings is 1. The van der Waals surface area contributed by atoms with Gasteiger partial charge in [-0.15, -0.1) is 11.8 Å². The molecular weight excluding hydrogens is 719 g/mol. The minimum absolute atomic E-state index is 0.0117. The van der Waals surface area contributed by atoms with Crippen molar-refractivity contribution < 1.29 is 38.9 Å². The first-order chi connectivity index (χ1) is 26.0. The number of carbonyl (C=O) groups is 4. The SMILES string of the molecule is CCCCCNc1nc(N)nc2ccn(Cc3ccc(CN4CCN(C(=O)CCOCCNC(=O)C(CC(=O)O)SCC(N)C(=O)O)CC4)cc3OC)c12. The molecule has 3 heterocycles. The highest BCUT2D eigenvalue weighted by molar-refractivity contribution is 8.00. The number of methoxy groups -OCH3 is 1. The third kappa shape index (κ3) is 12.7. The fraction of sp³-hybridized carbons (Fsp3) is 0.556. The van der Waals surface area contributed by atoms with E-state index in [1.165, 1.54) is 0 Å². The molecule has 18 heteroatoms. The second kappa shape index (κ2) is 21.3. The molecule has 17 nitrogen and oxygen atoms in total. The van der Waals surface area contributed by atoms with Crippen molar-refractivity contribution in [3.8, 4) is 5.75 Å². The topological polar surface area (TPSA) is 240 Å². The number of rotatable bonds is 23. The lowest BCUT2D eigenvalue weighted by molar-refractivity contribution is -0.138. The number of nitrogens with one attached hydrogen (secondary N) is 2. The van der Waals surface area contributed by atoms with E-state index in [-0.39, 0.29) is 43.8 Å². The first kappa shape index (κ1) is 42.1. The van der Waals surface area contributed by atoms with Crippen LogP contribution in [0.2, 0.25) is 0 Å². The molecule has 296 valence electrons. The van der Waals surface area contributed by atoms with Crippen LogP contribution in [0.4, 0.5) is 11.8 Å². The van der Waals surface area contributed by atoms with E-state index in [9.17, 15) is 19.2 Å². The Kier molecular flexibility index (Phi) is 16.6. The summed E-state index contributed by atoms with van der Waals surface area (Å²) in [4.78, 5) is 60.4. The molecule has 1 aliphatic heterocycles. The maximum atomic E-state index is 12.8. The Morgan fingerprint density at radius 2 is 1.80 bits per heavy atom. The molecule has 2 aromatic heterocycles. The van der Waals surface area contributed by atoms with Gasteiger partial charge in [0.05, 0.1) is 50.5 Å². The van der Waals surface area contributed by atoms with E-state index < -0.39 is 35.6 Å². The quantitative estimate of drug-likeness (QED) is 0.0754. The molecule has 4 rings (SSSR count). The predicted molar refractivity (Wildman–Crippen MR) is 206 cm³/mol. The Morgan fingerprint density at radius 3 is 2.50 bits per heavy atom. The Bertz CT molecular complexity index is 1720. The molecule has 3 aromatic rings. The number of fused-ring (bicyclic) bond motifs is 1. The number of hydrogen-bond acceptors (Lipinski definition) is 13. The van der Waals surface area contributed by atoms with E-state index in [2.05, 4.69) is 55.2 Å². The second-order valence-electron chi connectivity index (χ2n) is 13.1. The van der Waals surface area contributed by atoms with Crippen molar-refractivity contribution in [2.75, 3.05) is 76.4 Å². The number of aromatic nitrogens is 3. The summed E-state index contributed by atoms with van der Waals surface area (Å²) in [6, 6.07) is 7.00. The van der Waals surface area contributed by atoms with Crippen molar-refractivity contribution in [2.24, 2.45) is 5.73 Å². The third-order valence-electron chi connectivity index (χ3n) is 8.98. The van der Waals surface area contributed by atoms with Crippen molar-refractivity contribution in [2.45, 2.75) is 63.4 Å². The van der Waals surface area contributed by atoms with E-state index in [1.54, 1.807) is 7.11 Å². The number of benzene rings is 1. The van der Waals surface area contributed by atoms with Crippen LogP contribution in [0.5, 0.6) is 5.75 Å². The highest BCUT2D eigenvalue weighted by atomic mass is 32.2. The van der Waals surface area contributed by atoms with Crippen LogP contribution in [0, 0.1) is 0 Å². The molecule has 0 spiro atoms. The molecule has 2 atom stereocenters. The van der Waals surface area contributed by atoms with Gasteiger partial charge in [-0.25, -0.2) is 4.98 Å². The molecule has 1 fully saturated rings. The molecule has 1 aromatic carbocycles. The fourth-order valence-electron chi connectivity index (χ4n) is 6.03. The molecule has 1 aliphatic rings. The lowest BCUT2D eigenvalue weighted by atomic mass is 10.1. The number of nitrogens with zero attached hydrogens (tertiary/aromatic N) is 5. The maximum absolute atomic E-state index is 12.8. The van der Waals surface area contributed by atoms with Gasteiger partial charge >= 0.3 is 11.9 Å². The number of carboxylic acids is 2. The number of aliphatic carboxylic acids is 2. The number of thioether (sulfide) groups is 1. The van der Waals surface area contributed by atoms with Gasteiger partial charge in [0.15, 0.2) is 5.82 Å². The van der Waals surface area contributed by atoms with Gasteiger partial charge in [0.1, 0.15) is 17.3 Å².